The topological polar surface area (TPSA) is 43.1 Å². The van der Waals surface area contributed by atoms with E-state index in [4.69, 9.17) is 5.73 Å². The maximum absolute atomic E-state index is 11.4. The summed E-state index contributed by atoms with van der Waals surface area (Å²) < 4.78 is 1.05. The predicted molar refractivity (Wildman–Crippen MR) is 57.1 cm³/mol. The summed E-state index contributed by atoms with van der Waals surface area (Å²) in [5.74, 6) is -0.00600. The Kier molecular flexibility index (Phi) is 3.22. The zero-order valence-corrected chi connectivity index (χ0v) is 8.91. The molecule has 0 unspecified atom stereocenters. The molecule has 0 aliphatic heterocycles. The van der Waals surface area contributed by atoms with E-state index < -0.39 is 6.04 Å². The highest BCUT2D eigenvalue weighted by molar-refractivity contribution is 14.1. The Labute approximate surface area is 85.3 Å². The Bertz CT molecular complexity index is 296. The van der Waals surface area contributed by atoms with Gasteiger partial charge in [-0.25, -0.2) is 0 Å². The Morgan fingerprint density at radius 2 is 2.25 bits per heavy atom. The van der Waals surface area contributed by atoms with Crippen LogP contribution in [0.1, 0.15) is 17.3 Å². The normalized spacial score (nSPS) is 12.6. The lowest BCUT2D eigenvalue weighted by molar-refractivity contribution is 0.0968. The van der Waals surface area contributed by atoms with Gasteiger partial charge in [-0.1, -0.05) is 12.1 Å². The quantitative estimate of drug-likeness (QED) is 0.661. The van der Waals surface area contributed by atoms with Crippen molar-refractivity contribution in [1.82, 2.24) is 0 Å². The second-order valence-electron chi connectivity index (χ2n) is 2.66. The molecule has 2 nitrogen and oxygen atoms in total. The average molecular weight is 275 g/mol. The molecule has 1 rings (SSSR count). The fourth-order valence-electron chi connectivity index (χ4n) is 0.905. The second-order valence-corrected chi connectivity index (χ2v) is 3.91. The van der Waals surface area contributed by atoms with Crippen molar-refractivity contribution in [2.24, 2.45) is 5.73 Å². The number of hydrogen-bond donors (Lipinski definition) is 1. The van der Waals surface area contributed by atoms with Gasteiger partial charge in [-0.2, -0.15) is 0 Å². The molecule has 1 aromatic carbocycles. The number of benzene rings is 1. The molecule has 2 N–H and O–H groups in total. The van der Waals surface area contributed by atoms with E-state index in [2.05, 4.69) is 22.6 Å². The van der Waals surface area contributed by atoms with Crippen molar-refractivity contribution >= 4 is 28.4 Å². The summed E-state index contributed by atoms with van der Waals surface area (Å²) in [4.78, 5) is 11.4. The van der Waals surface area contributed by atoms with Crippen LogP contribution in [0.3, 0.4) is 0 Å². The monoisotopic (exact) mass is 275 g/mol. The molecule has 0 saturated carbocycles. The van der Waals surface area contributed by atoms with Gasteiger partial charge < -0.3 is 5.73 Å². The molecule has 0 spiro atoms. The number of nitrogens with two attached hydrogens (primary N) is 1. The first-order valence-electron chi connectivity index (χ1n) is 3.66. The molecule has 0 bridgehead atoms. The van der Waals surface area contributed by atoms with Gasteiger partial charge in [-0.3, -0.25) is 4.79 Å². The van der Waals surface area contributed by atoms with Crippen molar-refractivity contribution in [2.45, 2.75) is 13.0 Å². The number of carbonyl (C=O) groups is 1. The van der Waals surface area contributed by atoms with Gasteiger partial charge in [0.25, 0.3) is 0 Å². The largest absolute Gasteiger partial charge is 0.321 e. The number of Topliss-reactive ketones (excluding diaryl/α,β-unsaturated/α-hetero) is 1. The summed E-state index contributed by atoms with van der Waals surface area (Å²) in [5.41, 5.74) is 6.16. The van der Waals surface area contributed by atoms with E-state index >= 15 is 0 Å². The van der Waals surface area contributed by atoms with E-state index in [1.165, 1.54) is 0 Å². The van der Waals surface area contributed by atoms with Crippen LogP contribution in [0.2, 0.25) is 0 Å². The Morgan fingerprint density at radius 3 is 2.75 bits per heavy atom. The maximum Gasteiger partial charge on any atom is 0.179 e. The molecule has 12 heavy (non-hydrogen) atoms. The van der Waals surface area contributed by atoms with Crippen LogP contribution in [-0.4, -0.2) is 11.8 Å². The van der Waals surface area contributed by atoms with Crippen LogP contribution in [0.4, 0.5) is 0 Å². The summed E-state index contributed by atoms with van der Waals surface area (Å²) in [6, 6.07) is 7.01. The second kappa shape index (κ2) is 4.00. The van der Waals surface area contributed by atoms with Gasteiger partial charge >= 0.3 is 0 Å². The minimum Gasteiger partial charge on any atom is -0.321 e. The fourth-order valence-corrected chi connectivity index (χ4v) is 1.45. The maximum atomic E-state index is 11.4. The minimum atomic E-state index is -0.414. The van der Waals surface area contributed by atoms with Crippen LogP contribution in [-0.2, 0) is 0 Å². The standard InChI is InChI=1S/C9H10INO/c1-6(11)9(12)7-3-2-4-8(10)5-7/h2-6H,11H2,1H3/t6-/m0/s1. The molecule has 0 fully saturated rings. The SMILES string of the molecule is C[C@H](N)C(=O)c1cccc(I)c1. The van der Waals surface area contributed by atoms with E-state index in [0.717, 1.165) is 3.57 Å². The first-order chi connectivity index (χ1) is 5.61. The number of halogens is 1. The van der Waals surface area contributed by atoms with Crippen molar-refractivity contribution in [3.63, 3.8) is 0 Å². The zero-order valence-electron chi connectivity index (χ0n) is 6.75. The molecule has 0 aliphatic carbocycles. The number of carbonyl (C=O) groups excluding carboxylic acids is 1. The molecular formula is C9H10INO. The molecule has 1 aromatic rings. The summed E-state index contributed by atoms with van der Waals surface area (Å²) in [7, 11) is 0. The molecule has 3 heteroatoms. The highest BCUT2D eigenvalue weighted by Crippen LogP contribution is 2.09. The summed E-state index contributed by atoms with van der Waals surface area (Å²) in [5, 5.41) is 0. The molecule has 0 amide bonds. The minimum absolute atomic E-state index is 0.00600. The van der Waals surface area contributed by atoms with Crippen LogP contribution in [0, 0.1) is 3.57 Å². The molecule has 0 heterocycles. The van der Waals surface area contributed by atoms with Gasteiger partial charge in [-0.05, 0) is 41.6 Å². The van der Waals surface area contributed by atoms with E-state index in [1.54, 1.807) is 13.0 Å². The van der Waals surface area contributed by atoms with E-state index in [9.17, 15) is 4.79 Å². The van der Waals surface area contributed by atoms with Crippen LogP contribution in [0.25, 0.3) is 0 Å². The fraction of sp³-hybridized carbons (Fsp3) is 0.222. The number of ketones is 1. The zero-order chi connectivity index (χ0) is 9.14. The van der Waals surface area contributed by atoms with Crippen LogP contribution >= 0.6 is 22.6 Å². The molecule has 0 radical (unpaired) electrons. The number of hydrogen-bond acceptors (Lipinski definition) is 2. The Hall–Kier alpha value is -0.420. The molecule has 0 aromatic heterocycles. The van der Waals surface area contributed by atoms with Crippen LogP contribution in [0.15, 0.2) is 24.3 Å². The van der Waals surface area contributed by atoms with Crippen LogP contribution in [0.5, 0.6) is 0 Å². The van der Waals surface area contributed by atoms with Crippen molar-refractivity contribution in [3.8, 4) is 0 Å². The third-order valence-corrected chi connectivity index (χ3v) is 2.19. The lowest BCUT2D eigenvalue weighted by Crippen LogP contribution is -2.26. The predicted octanol–water partition coefficient (Wildman–Crippen LogP) is 1.82. The van der Waals surface area contributed by atoms with Crippen molar-refractivity contribution in [2.75, 3.05) is 0 Å². The Morgan fingerprint density at radius 1 is 1.58 bits per heavy atom. The lowest BCUT2D eigenvalue weighted by atomic mass is 10.1. The molecular weight excluding hydrogens is 265 g/mol. The summed E-state index contributed by atoms with van der Waals surface area (Å²) >= 11 is 2.17. The highest BCUT2D eigenvalue weighted by atomic mass is 127. The van der Waals surface area contributed by atoms with Gasteiger partial charge in [0.2, 0.25) is 0 Å². The van der Waals surface area contributed by atoms with E-state index in [-0.39, 0.29) is 5.78 Å². The smallest absolute Gasteiger partial charge is 0.179 e. The number of rotatable bonds is 2. The van der Waals surface area contributed by atoms with Gasteiger partial charge in [-0.15, -0.1) is 0 Å². The van der Waals surface area contributed by atoms with Gasteiger partial charge in [0.15, 0.2) is 5.78 Å². The summed E-state index contributed by atoms with van der Waals surface area (Å²) in [6.45, 7) is 1.70. The molecule has 0 saturated heterocycles. The highest BCUT2D eigenvalue weighted by Gasteiger charge is 2.09. The first-order valence-corrected chi connectivity index (χ1v) is 4.74. The van der Waals surface area contributed by atoms with Crippen molar-refractivity contribution in [3.05, 3.63) is 33.4 Å². The van der Waals surface area contributed by atoms with E-state index in [0.29, 0.717) is 5.56 Å². The Balaban J connectivity index is 2.96. The molecule has 64 valence electrons. The first kappa shape index (κ1) is 9.67. The third kappa shape index (κ3) is 2.28. The average Bonchev–Trinajstić information content (AvgIpc) is 2.03. The van der Waals surface area contributed by atoms with Gasteiger partial charge in [0, 0.05) is 9.13 Å². The van der Waals surface area contributed by atoms with Gasteiger partial charge in [0.1, 0.15) is 0 Å². The third-order valence-electron chi connectivity index (χ3n) is 1.52. The summed E-state index contributed by atoms with van der Waals surface area (Å²) in [6.07, 6.45) is 0. The van der Waals surface area contributed by atoms with Crippen molar-refractivity contribution in [1.29, 1.82) is 0 Å². The molecule has 0 aliphatic rings. The van der Waals surface area contributed by atoms with Gasteiger partial charge in [0.05, 0.1) is 6.04 Å². The molecule has 1 atom stereocenters. The van der Waals surface area contributed by atoms with Crippen molar-refractivity contribution < 1.29 is 4.79 Å². The van der Waals surface area contributed by atoms with Crippen LogP contribution < -0.4 is 5.73 Å². The van der Waals surface area contributed by atoms with E-state index in [1.807, 2.05) is 18.2 Å². The lowest BCUT2D eigenvalue weighted by Gasteiger charge is -2.03.